The summed E-state index contributed by atoms with van der Waals surface area (Å²) in [6.07, 6.45) is 7.21. The Labute approximate surface area is 98.9 Å². The van der Waals surface area contributed by atoms with E-state index in [1.54, 1.807) is 0 Å². The minimum atomic E-state index is -0.0944. The molecule has 0 aliphatic heterocycles. The molecule has 0 amide bonds. The van der Waals surface area contributed by atoms with E-state index in [0.29, 0.717) is 11.3 Å². The van der Waals surface area contributed by atoms with E-state index < -0.39 is 0 Å². The summed E-state index contributed by atoms with van der Waals surface area (Å²) >= 11 is 0. The van der Waals surface area contributed by atoms with Crippen molar-refractivity contribution in [3.63, 3.8) is 0 Å². The minimum Gasteiger partial charge on any atom is -0.392 e. The fraction of sp³-hybridized carbons (Fsp3) is 0.867. The van der Waals surface area contributed by atoms with Crippen molar-refractivity contribution in [2.24, 2.45) is 22.2 Å². The number of hydrogen-bond donors (Lipinski definition) is 1. The van der Waals surface area contributed by atoms with Gasteiger partial charge in [-0.3, -0.25) is 0 Å². The lowest BCUT2D eigenvalue weighted by Crippen LogP contribution is -2.46. The van der Waals surface area contributed by atoms with E-state index in [0.717, 1.165) is 6.42 Å². The SMILES string of the molecule is CC1=CC(C)(C)[C@@]23CC[C@@H](C)[C@@]12[C@@H](O)CC3. The Morgan fingerprint density at radius 1 is 1.25 bits per heavy atom. The quantitative estimate of drug-likeness (QED) is 0.619. The molecule has 0 unspecified atom stereocenters. The highest BCUT2D eigenvalue weighted by atomic mass is 16.3. The van der Waals surface area contributed by atoms with Crippen molar-refractivity contribution in [3.05, 3.63) is 11.6 Å². The van der Waals surface area contributed by atoms with Gasteiger partial charge in [-0.15, -0.1) is 0 Å². The zero-order valence-corrected chi connectivity index (χ0v) is 11.0. The number of aliphatic hydroxyl groups excluding tert-OH is 1. The smallest absolute Gasteiger partial charge is 0.0641 e. The molecule has 2 saturated carbocycles. The minimum absolute atomic E-state index is 0.0944. The van der Waals surface area contributed by atoms with Crippen LogP contribution in [0.15, 0.2) is 11.6 Å². The largest absolute Gasteiger partial charge is 0.392 e. The molecule has 16 heavy (non-hydrogen) atoms. The van der Waals surface area contributed by atoms with Crippen molar-refractivity contribution < 1.29 is 5.11 Å². The maximum absolute atomic E-state index is 10.6. The fourth-order valence-corrected chi connectivity index (χ4v) is 5.96. The van der Waals surface area contributed by atoms with Crippen molar-refractivity contribution in [1.82, 2.24) is 0 Å². The maximum atomic E-state index is 10.6. The van der Waals surface area contributed by atoms with Gasteiger partial charge in [0.25, 0.3) is 0 Å². The van der Waals surface area contributed by atoms with E-state index in [2.05, 4.69) is 33.8 Å². The van der Waals surface area contributed by atoms with E-state index in [1.807, 2.05) is 0 Å². The van der Waals surface area contributed by atoms with Gasteiger partial charge in [0.1, 0.15) is 0 Å². The third-order valence-corrected chi connectivity index (χ3v) is 6.41. The molecule has 4 atom stereocenters. The van der Waals surface area contributed by atoms with Crippen LogP contribution in [0.3, 0.4) is 0 Å². The highest BCUT2D eigenvalue weighted by Gasteiger charge is 2.72. The Morgan fingerprint density at radius 2 is 1.88 bits per heavy atom. The highest BCUT2D eigenvalue weighted by Crippen LogP contribution is 2.77. The second-order valence-electron chi connectivity index (χ2n) is 6.99. The number of allylic oxidation sites excluding steroid dienone is 1. The predicted molar refractivity (Wildman–Crippen MR) is 66.0 cm³/mol. The lowest BCUT2D eigenvalue weighted by atomic mass is 9.56. The number of hydrogen-bond acceptors (Lipinski definition) is 1. The third-order valence-electron chi connectivity index (χ3n) is 6.41. The molecule has 0 radical (unpaired) electrons. The van der Waals surface area contributed by atoms with Gasteiger partial charge in [0.05, 0.1) is 6.10 Å². The molecule has 1 nitrogen and oxygen atoms in total. The molecular formula is C15H24O. The van der Waals surface area contributed by atoms with Crippen LogP contribution < -0.4 is 0 Å². The molecular weight excluding hydrogens is 196 g/mol. The average Bonchev–Trinajstić information content (AvgIpc) is 2.70. The van der Waals surface area contributed by atoms with Gasteiger partial charge < -0.3 is 5.11 Å². The highest BCUT2D eigenvalue weighted by molar-refractivity contribution is 5.39. The molecule has 0 saturated heterocycles. The second kappa shape index (κ2) is 2.75. The summed E-state index contributed by atoms with van der Waals surface area (Å²) in [6, 6.07) is 0. The molecule has 1 N–H and O–H groups in total. The maximum Gasteiger partial charge on any atom is 0.0641 e. The Morgan fingerprint density at radius 3 is 2.50 bits per heavy atom. The van der Waals surface area contributed by atoms with E-state index in [-0.39, 0.29) is 16.9 Å². The fourth-order valence-electron chi connectivity index (χ4n) is 5.96. The summed E-state index contributed by atoms with van der Waals surface area (Å²) in [7, 11) is 0. The molecule has 0 bridgehead atoms. The molecule has 3 aliphatic rings. The zero-order chi connectivity index (χ0) is 11.8. The van der Waals surface area contributed by atoms with Crippen LogP contribution >= 0.6 is 0 Å². The molecule has 3 rings (SSSR count). The van der Waals surface area contributed by atoms with Gasteiger partial charge in [-0.05, 0) is 49.4 Å². The standard InChI is InChI=1S/C15H24O/c1-10-5-7-14-8-6-12(16)15(10,14)11(2)9-13(14,3)4/h9-10,12,16H,5-8H2,1-4H3/t10-,12+,14+,15+/m1/s1. The molecule has 0 aromatic heterocycles. The van der Waals surface area contributed by atoms with E-state index in [1.165, 1.54) is 24.8 Å². The van der Waals surface area contributed by atoms with Gasteiger partial charge in [0.2, 0.25) is 0 Å². The van der Waals surface area contributed by atoms with Crippen molar-refractivity contribution in [2.75, 3.05) is 0 Å². The Kier molecular flexibility index (Phi) is 1.86. The van der Waals surface area contributed by atoms with Gasteiger partial charge >= 0.3 is 0 Å². The number of aliphatic hydroxyl groups is 1. The van der Waals surface area contributed by atoms with E-state index in [4.69, 9.17) is 0 Å². The van der Waals surface area contributed by atoms with Gasteiger partial charge in [0, 0.05) is 5.41 Å². The summed E-state index contributed by atoms with van der Waals surface area (Å²) < 4.78 is 0. The Hall–Kier alpha value is -0.300. The lowest BCUT2D eigenvalue weighted by molar-refractivity contribution is -0.0264. The van der Waals surface area contributed by atoms with Crippen LogP contribution in [0.25, 0.3) is 0 Å². The van der Waals surface area contributed by atoms with Crippen molar-refractivity contribution in [3.8, 4) is 0 Å². The summed E-state index contributed by atoms with van der Waals surface area (Å²) in [5.41, 5.74) is 2.24. The lowest BCUT2D eigenvalue weighted by Gasteiger charge is -2.47. The normalized spacial score (nSPS) is 53.7. The van der Waals surface area contributed by atoms with Gasteiger partial charge in [0.15, 0.2) is 0 Å². The second-order valence-corrected chi connectivity index (χ2v) is 6.99. The van der Waals surface area contributed by atoms with Crippen LogP contribution in [0.5, 0.6) is 0 Å². The molecule has 0 aromatic carbocycles. The van der Waals surface area contributed by atoms with Gasteiger partial charge in [-0.1, -0.05) is 32.4 Å². The van der Waals surface area contributed by atoms with Crippen LogP contribution in [0.4, 0.5) is 0 Å². The summed E-state index contributed by atoms with van der Waals surface area (Å²) in [6.45, 7) is 9.39. The van der Waals surface area contributed by atoms with Gasteiger partial charge in [-0.2, -0.15) is 0 Å². The first-order chi connectivity index (χ1) is 7.38. The molecule has 90 valence electrons. The molecule has 0 spiro atoms. The van der Waals surface area contributed by atoms with E-state index in [9.17, 15) is 5.11 Å². The first-order valence-electron chi connectivity index (χ1n) is 6.76. The zero-order valence-electron chi connectivity index (χ0n) is 11.0. The van der Waals surface area contributed by atoms with Gasteiger partial charge in [-0.25, -0.2) is 0 Å². The molecule has 3 aliphatic carbocycles. The Balaban J connectivity index is 2.26. The predicted octanol–water partition coefficient (Wildman–Crippen LogP) is 3.53. The Bertz CT molecular complexity index is 350. The molecule has 1 heteroatoms. The van der Waals surface area contributed by atoms with Crippen LogP contribution in [0.1, 0.15) is 53.4 Å². The van der Waals surface area contributed by atoms with Crippen LogP contribution in [0.2, 0.25) is 0 Å². The van der Waals surface area contributed by atoms with Crippen molar-refractivity contribution in [2.45, 2.75) is 59.5 Å². The summed E-state index contributed by atoms with van der Waals surface area (Å²) in [5.74, 6) is 0.656. The average molecular weight is 220 g/mol. The van der Waals surface area contributed by atoms with Crippen LogP contribution in [-0.4, -0.2) is 11.2 Å². The first kappa shape index (κ1) is 10.8. The first-order valence-corrected chi connectivity index (χ1v) is 6.76. The molecule has 0 aromatic rings. The van der Waals surface area contributed by atoms with Crippen LogP contribution in [0, 0.1) is 22.2 Å². The topological polar surface area (TPSA) is 20.2 Å². The summed E-state index contributed by atoms with van der Waals surface area (Å²) in [5, 5.41) is 10.6. The number of rotatable bonds is 0. The van der Waals surface area contributed by atoms with Crippen LogP contribution in [-0.2, 0) is 0 Å². The molecule has 2 fully saturated rings. The summed E-state index contributed by atoms with van der Waals surface area (Å²) in [4.78, 5) is 0. The molecule has 0 heterocycles. The monoisotopic (exact) mass is 220 g/mol. The van der Waals surface area contributed by atoms with Crippen molar-refractivity contribution >= 4 is 0 Å². The van der Waals surface area contributed by atoms with E-state index >= 15 is 0 Å². The van der Waals surface area contributed by atoms with Crippen molar-refractivity contribution in [1.29, 1.82) is 0 Å². The third kappa shape index (κ3) is 0.796.